The van der Waals surface area contributed by atoms with E-state index < -0.39 is 0 Å². The number of likely N-dealkylation sites (N-methyl/N-ethyl adjacent to an activating group) is 1. The van der Waals surface area contributed by atoms with Gasteiger partial charge >= 0.3 is 0 Å². The first-order valence-electron chi connectivity index (χ1n) is 9.23. The van der Waals surface area contributed by atoms with E-state index in [1.807, 2.05) is 31.2 Å². The molecule has 2 aromatic rings. The predicted molar refractivity (Wildman–Crippen MR) is 109 cm³/mol. The van der Waals surface area contributed by atoms with Gasteiger partial charge in [0.25, 0.3) is 5.91 Å². The molecule has 1 aromatic heterocycles. The van der Waals surface area contributed by atoms with Crippen molar-refractivity contribution >= 4 is 27.7 Å². The standard InChI is InChI=1S/C20H23BrN4O3/c1-2-22-18(26)14-24-10-12-25(13-11-24)20(27)17-4-3-9-23-19(17)28-16-7-5-15(21)6-8-16/h3-9H,2,10-14H2,1H3,(H,22,26). The molecule has 1 aromatic carbocycles. The van der Waals surface area contributed by atoms with Crippen LogP contribution in [0.3, 0.4) is 0 Å². The summed E-state index contributed by atoms with van der Waals surface area (Å²) in [5, 5.41) is 2.80. The molecule has 0 radical (unpaired) electrons. The van der Waals surface area contributed by atoms with Crippen LogP contribution < -0.4 is 10.1 Å². The average Bonchev–Trinajstić information content (AvgIpc) is 2.70. The zero-order chi connectivity index (χ0) is 19.9. The van der Waals surface area contributed by atoms with Gasteiger partial charge in [-0.05, 0) is 43.3 Å². The lowest BCUT2D eigenvalue weighted by Gasteiger charge is -2.34. The summed E-state index contributed by atoms with van der Waals surface area (Å²) in [6.45, 7) is 5.32. The van der Waals surface area contributed by atoms with Gasteiger partial charge in [-0.2, -0.15) is 0 Å². The number of carbonyl (C=O) groups excluding carboxylic acids is 2. The third-order valence-corrected chi connectivity index (χ3v) is 4.96. The molecule has 1 aliphatic rings. The minimum absolute atomic E-state index is 0.0136. The van der Waals surface area contributed by atoms with Crippen LogP contribution in [0.15, 0.2) is 47.1 Å². The average molecular weight is 447 g/mol. The van der Waals surface area contributed by atoms with Gasteiger partial charge in [0.2, 0.25) is 11.8 Å². The Morgan fingerprint density at radius 2 is 1.86 bits per heavy atom. The Morgan fingerprint density at radius 1 is 1.14 bits per heavy atom. The second kappa shape index (κ2) is 9.66. The number of hydrogen-bond donors (Lipinski definition) is 1. The number of nitrogens with zero attached hydrogens (tertiary/aromatic N) is 3. The molecular formula is C20H23BrN4O3. The summed E-state index contributed by atoms with van der Waals surface area (Å²) < 4.78 is 6.78. The van der Waals surface area contributed by atoms with Gasteiger partial charge in [0, 0.05) is 43.4 Å². The van der Waals surface area contributed by atoms with E-state index in [0.717, 1.165) is 4.47 Å². The first-order valence-corrected chi connectivity index (χ1v) is 10.0. The molecule has 28 heavy (non-hydrogen) atoms. The number of carbonyl (C=O) groups is 2. The summed E-state index contributed by atoms with van der Waals surface area (Å²) in [5.74, 6) is 0.805. The quantitative estimate of drug-likeness (QED) is 0.737. The lowest BCUT2D eigenvalue weighted by molar-refractivity contribution is -0.122. The number of rotatable bonds is 6. The molecule has 0 bridgehead atoms. The maximum absolute atomic E-state index is 13.0. The second-order valence-electron chi connectivity index (χ2n) is 6.43. The van der Waals surface area contributed by atoms with Crippen molar-refractivity contribution in [2.75, 3.05) is 39.3 Å². The molecule has 0 unspecified atom stereocenters. The Balaban J connectivity index is 1.63. The van der Waals surface area contributed by atoms with Crippen LogP contribution in [0, 0.1) is 0 Å². The molecule has 1 N–H and O–H groups in total. The minimum atomic E-state index is -0.113. The first-order chi connectivity index (χ1) is 13.6. The smallest absolute Gasteiger partial charge is 0.259 e. The van der Waals surface area contributed by atoms with Gasteiger partial charge in [0.05, 0.1) is 6.54 Å². The number of benzene rings is 1. The van der Waals surface area contributed by atoms with Gasteiger partial charge < -0.3 is 15.0 Å². The fraction of sp³-hybridized carbons (Fsp3) is 0.350. The summed E-state index contributed by atoms with van der Waals surface area (Å²) in [6.07, 6.45) is 1.61. The van der Waals surface area contributed by atoms with Gasteiger partial charge in [0.1, 0.15) is 11.3 Å². The monoisotopic (exact) mass is 446 g/mol. The van der Waals surface area contributed by atoms with Gasteiger partial charge in [0.15, 0.2) is 0 Å². The van der Waals surface area contributed by atoms with Crippen LogP contribution in [0.25, 0.3) is 0 Å². The Kier molecular flexibility index (Phi) is 7.00. The summed E-state index contributed by atoms with van der Waals surface area (Å²) in [4.78, 5) is 32.8. The molecule has 2 amide bonds. The van der Waals surface area contributed by atoms with E-state index in [4.69, 9.17) is 4.74 Å². The van der Waals surface area contributed by atoms with Crippen LogP contribution in [0.4, 0.5) is 0 Å². The van der Waals surface area contributed by atoms with Crippen molar-refractivity contribution in [3.05, 3.63) is 52.6 Å². The van der Waals surface area contributed by atoms with E-state index in [9.17, 15) is 9.59 Å². The molecule has 1 saturated heterocycles. The van der Waals surface area contributed by atoms with Crippen molar-refractivity contribution in [1.29, 1.82) is 0 Å². The maximum atomic E-state index is 13.0. The van der Waals surface area contributed by atoms with Crippen LogP contribution in [0.5, 0.6) is 11.6 Å². The van der Waals surface area contributed by atoms with Crippen molar-refractivity contribution in [1.82, 2.24) is 20.1 Å². The molecule has 0 atom stereocenters. The molecule has 8 heteroatoms. The molecular weight excluding hydrogens is 424 g/mol. The number of piperazine rings is 1. The number of hydrogen-bond acceptors (Lipinski definition) is 5. The number of amides is 2. The Morgan fingerprint density at radius 3 is 2.54 bits per heavy atom. The van der Waals surface area contributed by atoms with E-state index in [1.165, 1.54) is 0 Å². The van der Waals surface area contributed by atoms with Gasteiger partial charge in [-0.3, -0.25) is 14.5 Å². The molecule has 3 rings (SSSR count). The highest BCUT2D eigenvalue weighted by Gasteiger charge is 2.25. The van der Waals surface area contributed by atoms with Crippen LogP contribution in [0.2, 0.25) is 0 Å². The molecule has 0 saturated carbocycles. The molecule has 7 nitrogen and oxygen atoms in total. The number of ether oxygens (including phenoxy) is 1. The highest BCUT2D eigenvalue weighted by Crippen LogP contribution is 2.25. The van der Waals surface area contributed by atoms with E-state index in [0.29, 0.717) is 56.5 Å². The minimum Gasteiger partial charge on any atom is -0.438 e. The second-order valence-corrected chi connectivity index (χ2v) is 7.35. The van der Waals surface area contributed by atoms with E-state index in [2.05, 4.69) is 31.1 Å². The van der Waals surface area contributed by atoms with Crippen molar-refractivity contribution in [3.8, 4) is 11.6 Å². The van der Waals surface area contributed by atoms with Crippen molar-refractivity contribution < 1.29 is 14.3 Å². The summed E-state index contributed by atoms with van der Waals surface area (Å²) >= 11 is 3.39. The maximum Gasteiger partial charge on any atom is 0.259 e. The number of aromatic nitrogens is 1. The highest BCUT2D eigenvalue weighted by molar-refractivity contribution is 9.10. The highest BCUT2D eigenvalue weighted by atomic mass is 79.9. The summed E-state index contributed by atoms with van der Waals surface area (Å²) in [5.41, 5.74) is 0.433. The summed E-state index contributed by atoms with van der Waals surface area (Å²) in [6, 6.07) is 10.8. The lowest BCUT2D eigenvalue weighted by atomic mass is 10.2. The topological polar surface area (TPSA) is 74.8 Å². The number of pyridine rings is 1. The van der Waals surface area contributed by atoms with Crippen molar-refractivity contribution in [2.45, 2.75) is 6.92 Å². The molecule has 148 valence electrons. The van der Waals surface area contributed by atoms with Gasteiger partial charge in [-0.25, -0.2) is 4.98 Å². The molecule has 0 aliphatic carbocycles. The SMILES string of the molecule is CCNC(=O)CN1CCN(C(=O)c2cccnc2Oc2ccc(Br)cc2)CC1. The van der Waals surface area contributed by atoms with Crippen LogP contribution in [-0.4, -0.2) is 65.9 Å². The summed E-state index contributed by atoms with van der Waals surface area (Å²) in [7, 11) is 0. The predicted octanol–water partition coefficient (Wildman–Crippen LogP) is 2.53. The fourth-order valence-corrected chi connectivity index (χ4v) is 3.25. The largest absolute Gasteiger partial charge is 0.438 e. The van der Waals surface area contributed by atoms with Gasteiger partial charge in [-0.1, -0.05) is 15.9 Å². The molecule has 1 aliphatic heterocycles. The fourth-order valence-electron chi connectivity index (χ4n) is 2.98. The van der Waals surface area contributed by atoms with E-state index >= 15 is 0 Å². The third kappa shape index (κ3) is 5.30. The van der Waals surface area contributed by atoms with E-state index in [1.54, 1.807) is 23.2 Å². The number of halogens is 1. The normalized spacial score (nSPS) is 14.6. The van der Waals surface area contributed by atoms with Gasteiger partial charge in [-0.15, -0.1) is 0 Å². The Bertz CT molecular complexity index is 820. The first kappa shape index (κ1) is 20.3. The van der Waals surface area contributed by atoms with Crippen LogP contribution in [-0.2, 0) is 4.79 Å². The molecule has 0 spiro atoms. The number of nitrogens with one attached hydrogen (secondary N) is 1. The van der Waals surface area contributed by atoms with Crippen LogP contribution in [0.1, 0.15) is 17.3 Å². The van der Waals surface area contributed by atoms with Crippen molar-refractivity contribution in [3.63, 3.8) is 0 Å². The Hall–Kier alpha value is -2.45. The molecule has 1 fully saturated rings. The van der Waals surface area contributed by atoms with Crippen LogP contribution >= 0.6 is 15.9 Å². The Labute approximate surface area is 172 Å². The zero-order valence-electron chi connectivity index (χ0n) is 15.7. The lowest BCUT2D eigenvalue weighted by Crippen LogP contribution is -2.51. The van der Waals surface area contributed by atoms with Crippen molar-refractivity contribution in [2.24, 2.45) is 0 Å². The molecule has 2 heterocycles. The van der Waals surface area contributed by atoms with E-state index in [-0.39, 0.29) is 11.8 Å². The third-order valence-electron chi connectivity index (χ3n) is 4.43. The zero-order valence-corrected chi connectivity index (χ0v) is 17.3.